The van der Waals surface area contributed by atoms with Crippen molar-refractivity contribution < 1.29 is 19.8 Å². The molecule has 14 unspecified atom stereocenters. The fourth-order valence-electron chi connectivity index (χ4n) is 11.8. The maximum atomic E-state index is 12.0. The van der Waals surface area contributed by atoms with Crippen LogP contribution in [0.5, 0.6) is 0 Å². The van der Waals surface area contributed by atoms with Gasteiger partial charge in [0.15, 0.2) is 0 Å². The molecule has 8 aliphatic carbocycles. The number of allylic oxidation sites excluding steroid dienone is 2. The van der Waals surface area contributed by atoms with Gasteiger partial charge < -0.3 is 10.2 Å². The van der Waals surface area contributed by atoms with Gasteiger partial charge in [-0.3, -0.25) is 9.59 Å². The van der Waals surface area contributed by atoms with Crippen molar-refractivity contribution in [2.75, 3.05) is 0 Å². The van der Waals surface area contributed by atoms with Gasteiger partial charge in [-0.25, -0.2) is 0 Å². The third-order valence-corrected chi connectivity index (χ3v) is 11.7. The van der Waals surface area contributed by atoms with Gasteiger partial charge in [-0.15, -0.1) is 0 Å². The summed E-state index contributed by atoms with van der Waals surface area (Å²) in [6.45, 7) is 0. The summed E-state index contributed by atoms with van der Waals surface area (Å²) >= 11 is 0. The molecule has 28 heavy (non-hydrogen) atoms. The Morgan fingerprint density at radius 2 is 1.39 bits per heavy atom. The maximum Gasteiger partial charge on any atom is 0.307 e. The summed E-state index contributed by atoms with van der Waals surface area (Å²) in [4.78, 5) is 24.0. The van der Waals surface area contributed by atoms with Crippen LogP contribution >= 0.6 is 0 Å². The van der Waals surface area contributed by atoms with Crippen LogP contribution in [0, 0.1) is 82.9 Å². The maximum absolute atomic E-state index is 12.0. The van der Waals surface area contributed by atoms with Crippen LogP contribution in [0.3, 0.4) is 0 Å². The summed E-state index contributed by atoms with van der Waals surface area (Å²) in [6.07, 6.45) is 7.85. The second-order valence-electron chi connectivity index (χ2n) is 11.8. The molecule has 4 nitrogen and oxygen atoms in total. The third kappa shape index (κ3) is 1.39. The Labute approximate surface area is 164 Å². The SMILES string of the molecule is O=C(O)C1C2CC(C1C(=O)O)C1C3CC(C4C5=C6C7CCC(C7)C6C(C5)C34)C21. The van der Waals surface area contributed by atoms with Crippen LogP contribution in [-0.2, 0) is 9.59 Å². The highest BCUT2D eigenvalue weighted by Gasteiger charge is 2.76. The van der Waals surface area contributed by atoms with Crippen LogP contribution in [0.4, 0.5) is 0 Å². The van der Waals surface area contributed by atoms with Crippen molar-refractivity contribution in [3.05, 3.63) is 11.1 Å². The van der Waals surface area contributed by atoms with Gasteiger partial charge in [0.25, 0.3) is 0 Å². The van der Waals surface area contributed by atoms with Crippen molar-refractivity contribution in [2.24, 2.45) is 82.9 Å². The summed E-state index contributed by atoms with van der Waals surface area (Å²) in [6, 6.07) is 0. The monoisotopic (exact) mass is 380 g/mol. The van der Waals surface area contributed by atoms with E-state index in [2.05, 4.69) is 0 Å². The number of carboxylic acids is 2. The molecule has 0 aliphatic heterocycles. The van der Waals surface area contributed by atoms with Crippen molar-refractivity contribution in [1.82, 2.24) is 0 Å². The molecule has 0 heterocycles. The Balaban J connectivity index is 1.23. The summed E-state index contributed by atoms with van der Waals surface area (Å²) in [5.74, 6) is 4.95. The Hall–Kier alpha value is -1.32. The molecular formula is C24H28O4. The highest BCUT2D eigenvalue weighted by atomic mass is 16.4. The van der Waals surface area contributed by atoms with E-state index < -0.39 is 23.8 Å². The molecule has 0 radical (unpaired) electrons. The largest absolute Gasteiger partial charge is 0.481 e. The number of fused-ring (bicyclic) bond motifs is 22. The number of rotatable bonds is 2. The van der Waals surface area contributed by atoms with E-state index in [0.29, 0.717) is 23.7 Å². The molecule has 0 aromatic heterocycles. The molecule has 0 aromatic rings. The van der Waals surface area contributed by atoms with E-state index in [1.165, 1.54) is 32.1 Å². The van der Waals surface area contributed by atoms with Crippen LogP contribution in [0.2, 0.25) is 0 Å². The molecule has 148 valence electrons. The second-order valence-corrected chi connectivity index (χ2v) is 11.8. The quantitative estimate of drug-likeness (QED) is 0.568. The first-order valence-corrected chi connectivity index (χ1v) is 11.7. The number of aliphatic carboxylic acids is 2. The molecule has 14 atom stereocenters. The number of hydrogen-bond acceptors (Lipinski definition) is 2. The van der Waals surface area contributed by atoms with Gasteiger partial charge in [0.05, 0.1) is 11.8 Å². The topological polar surface area (TPSA) is 74.6 Å². The highest BCUT2D eigenvalue weighted by molar-refractivity contribution is 5.82. The molecule has 7 fully saturated rings. The van der Waals surface area contributed by atoms with Crippen LogP contribution < -0.4 is 0 Å². The zero-order valence-corrected chi connectivity index (χ0v) is 16.0. The lowest BCUT2D eigenvalue weighted by molar-refractivity contribution is -0.160. The lowest BCUT2D eigenvalue weighted by Gasteiger charge is -2.48. The minimum absolute atomic E-state index is 0.130. The van der Waals surface area contributed by atoms with Crippen molar-refractivity contribution >= 4 is 11.9 Å². The Bertz CT molecular complexity index is 874. The summed E-state index contributed by atoms with van der Waals surface area (Å²) in [7, 11) is 0. The molecule has 8 bridgehead atoms. The van der Waals surface area contributed by atoms with E-state index >= 15 is 0 Å². The lowest BCUT2D eigenvalue weighted by atomic mass is 9.55. The van der Waals surface area contributed by atoms with E-state index in [9.17, 15) is 19.8 Å². The average Bonchev–Trinajstić information content (AvgIpc) is 3.50. The van der Waals surface area contributed by atoms with E-state index in [1.807, 2.05) is 11.1 Å². The van der Waals surface area contributed by atoms with Gasteiger partial charge in [0.1, 0.15) is 0 Å². The molecule has 8 aliphatic rings. The normalized spacial score (nSPS) is 63.3. The Morgan fingerprint density at radius 1 is 0.714 bits per heavy atom. The Kier molecular flexibility index (Phi) is 2.52. The molecule has 0 amide bonds. The molecule has 2 N–H and O–H groups in total. The summed E-state index contributed by atoms with van der Waals surface area (Å²) < 4.78 is 0. The first-order chi connectivity index (χ1) is 13.6. The first-order valence-electron chi connectivity index (χ1n) is 11.7. The fraction of sp³-hybridized carbons (Fsp3) is 0.833. The van der Waals surface area contributed by atoms with Gasteiger partial charge in [0, 0.05) is 0 Å². The second kappa shape index (κ2) is 4.54. The zero-order valence-electron chi connectivity index (χ0n) is 16.0. The molecular weight excluding hydrogens is 352 g/mol. The number of carbonyl (C=O) groups is 2. The minimum atomic E-state index is -0.846. The van der Waals surface area contributed by atoms with Crippen LogP contribution in [-0.4, -0.2) is 22.2 Å². The number of carboxylic acid groups (broad SMARTS) is 2. The van der Waals surface area contributed by atoms with E-state index in [0.717, 1.165) is 41.9 Å². The molecule has 4 heteroatoms. The van der Waals surface area contributed by atoms with Crippen molar-refractivity contribution in [2.45, 2.75) is 38.5 Å². The van der Waals surface area contributed by atoms with Gasteiger partial charge >= 0.3 is 11.9 Å². The zero-order chi connectivity index (χ0) is 18.6. The van der Waals surface area contributed by atoms with Crippen LogP contribution in [0.15, 0.2) is 11.1 Å². The summed E-state index contributed by atoms with van der Waals surface area (Å²) in [5, 5.41) is 19.7. The standard InChI is InChI=1S/C24H28O4/c25-23(26)21-13-6-14(22(21)24(27)28)20-12-5-11(19(13)20)17-9-4-10(18(12)17)16-8-2-1-7(3-8)15(9)16/h7-9,11-15,17-22H,1-6H2,(H,25,26)(H,27,28). The van der Waals surface area contributed by atoms with Gasteiger partial charge in [-0.1, -0.05) is 11.1 Å². The smallest absolute Gasteiger partial charge is 0.307 e. The molecule has 0 aromatic carbocycles. The predicted molar refractivity (Wildman–Crippen MR) is 98.9 cm³/mol. The predicted octanol–water partition coefficient (Wildman–Crippen LogP) is 3.53. The molecule has 0 saturated heterocycles. The third-order valence-electron chi connectivity index (χ3n) is 11.7. The first kappa shape index (κ1) is 15.5. The Morgan fingerprint density at radius 3 is 2.11 bits per heavy atom. The van der Waals surface area contributed by atoms with Crippen LogP contribution in [0.25, 0.3) is 0 Å². The van der Waals surface area contributed by atoms with Crippen LogP contribution in [0.1, 0.15) is 38.5 Å². The van der Waals surface area contributed by atoms with Gasteiger partial charge in [-0.05, 0) is 110 Å². The molecule has 7 saturated carbocycles. The van der Waals surface area contributed by atoms with E-state index in [-0.39, 0.29) is 11.8 Å². The van der Waals surface area contributed by atoms with E-state index in [4.69, 9.17) is 0 Å². The molecule has 8 rings (SSSR count). The van der Waals surface area contributed by atoms with Gasteiger partial charge in [-0.2, -0.15) is 0 Å². The van der Waals surface area contributed by atoms with Crippen molar-refractivity contribution in [3.8, 4) is 0 Å². The van der Waals surface area contributed by atoms with Gasteiger partial charge in [0.2, 0.25) is 0 Å². The minimum Gasteiger partial charge on any atom is -0.481 e. The van der Waals surface area contributed by atoms with Crippen molar-refractivity contribution in [3.63, 3.8) is 0 Å². The molecule has 0 spiro atoms. The number of hydrogen-bond donors (Lipinski definition) is 2. The van der Waals surface area contributed by atoms with E-state index in [1.54, 1.807) is 0 Å². The summed E-state index contributed by atoms with van der Waals surface area (Å²) in [5.41, 5.74) is 3.77. The van der Waals surface area contributed by atoms with Crippen molar-refractivity contribution in [1.29, 1.82) is 0 Å². The average molecular weight is 380 g/mol. The lowest BCUT2D eigenvalue weighted by Crippen LogP contribution is -2.48. The fourth-order valence-corrected chi connectivity index (χ4v) is 11.8. The highest BCUT2D eigenvalue weighted by Crippen LogP contribution is 2.80.